The van der Waals surface area contributed by atoms with Crippen molar-refractivity contribution in [1.82, 2.24) is 29.1 Å². The molecule has 0 atom stereocenters. The van der Waals surface area contributed by atoms with E-state index in [0.717, 1.165) is 33.8 Å². The van der Waals surface area contributed by atoms with Gasteiger partial charge in [0.2, 0.25) is 0 Å². The van der Waals surface area contributed by atoms with Crippen LogP contribution in [-0.2, 0) is 34.4 Å². The number of hydrogen-bond acceptors (Lipinski definition) is 4. The van der Waals surface area contributed by atoms with Gasteiger partial charge in [0, 0.05) is 0 Å². The minimum absolute atomic E-state index is 0. The van der Waals surface area contributed by atoms with Crippen molar-refractivity contribution in [3.05, 3.63) is 160 Å². The van der Waals surface area contributed by atoms with Crippen LogP contribution in [0.25, 0.3) is 0 Å². The molecule has 0 unspecified atom stereocenters. The molecule has 0 saturated carbocycles. The van der Waals surface area contributed by atoms with Gasteiger partial charge in [0.15, 0.2) is 0 Å². The Morgan fingerprint density at radius 1 is 0.418 bits per heavy atom. The van der Waals surface area contributed by atoms with Crippen LogP contribution < -0.4 is 0 Å². The summed E-state index contributed by atoms with van der Waals surface area (Å²) in [6, 6.07) is 37.8. The van der Waals surface area contributed by atoms with Crippen molar-refractivity contribution in [3.63, 3.8) is 0 Å². The fourth-order valence-electron chi connectivity index (χ4n) is 6.81. The molecule has 0 aliphatic heterocycles. The molecule has 0 bridgehead atoms. The van der Waals surface area contributed by atoms with Gasteiger partial charge in [0.1, 0.15) is 0 Å². The molecule has 3 heterocycles. The van der Waals surface area contributed by atoms with Crippen molar-refractivity contribution in [3.8, 4) is 0 Å². The van der Waals surface area contributed by atoms with E-state index in [1.165, 1.54) is 17.1 Å². The van der Waals surface area contributed by atoms with E-state index < -0.39 is 4.75 Å². The average molecular weight is 803 g/mol. The Morgan fingerprint density at radius 3 is 0.855 bits per heavy atom. The van der Waals surface area contributed by atoms with E-state index in [4.69, 9.17) is 27.9 Å². The van der Waals surface area contributed by atoms with Crippen molar-refractivity contribution in [2.75, 3.05) is 0 Å². The van der Waals surface area contributed by atoms with Gasteiger partial charge in [-0.2, -0.15) is 0 Å². The van der Waals surface area contributed by atoms with Gasteiger partial charge >= 0.3 is 17.1 Å². The summed E-state index contributed by atoms with van der Waals surface area (Å²) < 4.78 is 6.02. The average Bonchev–Trinajstić information content (AvgIpc) is 3.92. The van der Waals surface area contributed by atoms with Crippen molar-refractivity contribution in [2.24, 2.45) is 0 Å². The van der Waals surface area contributed by atoms with E-state index in [2.05, 4.69) is 151 Å². The summed E-state index contributed by atoms with van der Waals surface area (Å²) in [5.74, 6) is 2.02. The van der Waals surface area contributed by atoms with Crippen LogP contribution in [0.3, 0.4) is 0 Å². The van der Waals surface area contributed by atoms with E-state index in [9.17, 15) is 0 Å². The van der Waals surface area contributed by atoms with Gasteiger partial charge in [0.25, 0.3) is 7.12 Å². The largest absolute Gasteiger partial charge is 2.00 e. The van der Waals surface area contributed by atoms with Gasteiger partial charge in [-0.25, -0.2) is 15.3 Å². The minimum atomic E-state index is -0.538. The van der Waals surface area contributed by atoms with Crippen LogP contribution in [0.4, 0.5) is 0 Å². The number of hydrogen-bond donors (Lipinski definition) is 0. The summed E-state index contributed by atoms with van der Waals surface area (Å²) in [5.41, 5.74) is 10.4. The Bertz CT molecular complexity index is 1830. The van der Waals surface area contributed by atoms with Crippen molar-refractivity contribution in [1.29, 1.82) is 0 Å². The molecule has 0 N–H and O–H groups in total. The Morgan fingerprint density at radius 2 is 0.655 bits per heavy atom. The van der Waals surface area contributed by atoms with Crippen LogP contribution in [0.5, 0.6) is 0 Å². The van der Waals surface area contributed by atoms with Crippen LogP contribution in [-0.4, -0.2) is 36.2 Å². The second kappa shape index (κ2) is 18.9. The first-order valence-corrected chi connectivity index (χ1v) is 20.2. The Labute approximate surface area is 347 Å². The molecule has 0 spiro atoms. The summed E-state index contributed by atoms with van der Waals surface area (Å²) in [6.07, 6.45) is 0. The Kier molecular flexibility index (Phi) is 15.1. The molecule has 0 aliphatic rings. The smallest absolute Gasteiger partial charge is 0.772 e. The van der Waals surface area contributed by atoms with E-state index in [0.29, 0.717) is 35.5 Å². The second-order valence-electron chi connectivity index (χ2n) is 16.4. The zero-order valence-electron chi connectivity index (χ0n) is 34.8. The summed E-state index contributed by atoms with van der Waals surface area (Å²) in [7, 11) is -0.292. The zero-order valence-corrected chi connectivity index (χ0v) is 36.6. The molecule has 3 aromatic heterocycles. The molecular weight excluding hydrogens is 743 g/mol. The molecule has 55 heavy (non-hydrogen) atoms. The molecule has 6 nitrogen and oxygen atoms in total. The molecular formula is C46H60BCuN6S. The van der Waals surface area contributed by atoms with Crippen LogP contribution >= 0.6 is 0 Å². The van der Waals surface area contributed by atoms with Crippen molar-refractivity contribution >= 4 is 19.7 Å². The van der Waals surface area contributed by atoms with Gasteiger partial charge in [0.05, 0.1) is 17.1 Å². The molecule has 3 aromatic carbocycles. The van der Waals surface area contributed by atoms with Crippen LogP contribution in [0.15, 0.2) is 109 Å². The molecule has 0 fully saturated rings. The molecule has 0 aliphatic carbocycles. The number of benzene rings is 3. The monoisotopic (exact) mass is 802 g/mol. The molecule has 0 amide bonds. The topological polar surface area (TPSA) is 53.5 Å². The third-order valence-electron chi connectivity index (χ3n) is 10.1. The van der Waals surface area contributed by atoms with E-state index >= 15 is 0 Å². The third-order valence-corrected chi connectivity index (χ3v) is 10.8. The fraction of sp³-hybridized carbons (Fsp3) is 0.413. The summed E-state index contributed by atoms with van der Waals surface area (Å²) in [4.78, 5) is 0. The predicted octanol–water partition coefficient (Wildman–Crippen LogP) is 11.5. The maximum absolute atomic E-state index is 6.10. The quantitative estimate of drug-likeness (QED) is 0.0702. The SMILES string of the molecule is CC(C)c1cc(C(C)C)n([B-](n2nc(C(C)C)cc2C(C)C)n2nc(C(C)C)cc2C(C)C)n1.[Cu+2].[S-]C(c1ccccc1)(c1ccccc1)c1ccccc1. The van der Waals surface area contributed by atoms with Crippen LogP contribution in [0, 0.1) is 0 Å². The first-order valence-electron chi connectivity index (χ1n) is 19.8. The van der Waals surface area contributed by atoms with Gasteiger partial charge in [-0.3, -0.25) is 0 Å². The van der Waals surface area contributed by atoms with E-state index in [1.54, 1.807) is 0 Å². The standard InChI is InChI=1S/C27H45BN6.C19H16S.Cu/c1-16(2)22-13-25(19(7)8)32(29-22)28(33-26(20(9)10)14-23(30-33)17(3)4)34-27(21(11)12)15-24(31-34)18(5)6;20-19(16-10-4-1-5-11-16,17-12-6-2-7-13-17)18-14-8-3-9-15-18;/h13-21H,1-12H3;1-15,20H;/q-1;;+2/p-1. The molecule has 2 radical (unpaired) electrons. The Balaban J connectivity index is 0.000000272. The summed E-state index contributed by atoms with van der Waals surface area (Å²) in [5, 5.41) is 15.6. The van der Waals surface area contributed by atoms with Crippen LogP contribution in [0.1, 0.15) is 169 Å². The van der Waals surface area contributed by atoms with Crippen molar-refractivity contribution < 1.29 is 17.1 Å². The molecule has 6 rings (SSSR count). The normalized spacial score (nSPS) is 12.0. The molecule has 294 valence electrons. The second-order valence-corrected chi connectivity index (χ2v) is 17.0. The molecule has 6 aromatic rings. The maximum Gasteiger partial charge on any atom is 2.00 e. The fourth-order valence-corrected chi connectivity index (χ4v) is 7.22. The number of nitrogens with zero attached hydrogens (tertiary/aromatic N) is 6. The molecule has 0 saturated heterocycles. The predicted molar refractivity (Wildman–Crippen MR) is 230 cm³/mol. The van der Waals surface area contributed by atoms with Crippen molar-refractivity contribution in [2.45, 2.75) is 123 Å². The molecule has 9 heteroatoms. The summed E-state index contributed by atoms with van der Waals surface area (Å²) in [6.45, 7) is 26.7. The number of rotatable bonds is 12. The first kappa shape index (κ1) is 43.9. The first-order chi connectivity index (χ1) is 25.6. The van der Waals surface area contributed by atoms with Gasteiger partial charge in [-0.05, 0) is 70.8 Å². The third kappa shape index (κ3) is 9.61. The van der Waals surface area contributed by atoms with E-state index in [-0.39, 0.29) is 24.2 Å². The van der Waals surface area contributed by atoms with E-state index in [1.807, 2.05) is 54.6 Å². The van der Waals surface area contributed by atoms with Gasteiger partial charge < -0.3 is 26.4 Å². The van der Waals surface area contributed by atoms with Gasteiger partial charge in [-0.1, -0.05) is 196 Å². The maximum atomic E-state index is 6.10. The minimum Gasteiger partial charge on any atom is -0.772 e. The van der Waals surface area contributed by atoms with Gasteiger partial charge in [-0.15, -0.1) is 0 Å². The number of aromatic nitrogens is 6. The Hall–Kier alpha value is -3.78. The summed E-state index contributed by atoms with van der Waals surface area (Å²) >= 11 is 6.10. The zero-order chi connectivity index (χ0) is 39.3. The van der Waals surface area contributed by atoms with Crippen LogP contribution in [0.2, 0.25) is 0 Å².